The van der Waals surface area contributed by atoms with Crippen LogP contribution < -0.4 is 15.6 Å². The standard InChI is InChI=1S/C19H26N4O3/c1-13-9-14(2)11-22(10-13)12-16(24)21-23-17(25)19(3,20-18(23)26)15-7-5-4-6-8-15/h4-8,13-14H,9-12H2,1-3H3,(H,20,26)(H,21,24)/p+1/t13-,14-,19+/m0/s1. The number of hydrazine groups is 1. The molecule has 4 amide bonds. The number of carbonyl (C=O) groups excluding carboxylic acids is 3. The van der Waals surface area contributed by atoms with Gasteiger partial charge < -0.3 is 10.2 Å². The lowest BCUT2D eigenvalue weighted by Gasteiger charge is -2.31. The minimum absolute atomic E-state index is 0.258. The molecule has 0 bridgehead atoms. The van der Waals surface area contributed by atoms with E-state index < -0.39 is 17.5 Å². The summed E-state index contributed by atoms with van der Waals surface area (Å²) in [6.45, 7) is 8.15. The molecule has 2 aliphatic rings. The van der Waals surface area contributed by atoms with Gasteiger partial charge in [-0.2, -0.15) is 5.01 Å². The summed E-state index contributed by atoms with van der Waals surface area (Å²) >= 11 is 0. The quantitative estimate of drug-likeness (QED) is 0.664. The molecule has 1 aromatic rings. The summed E-state index contributed by atoms with van der Waals surface area (Å²) in [5.74, 6) is 0.346. The van der Waals surface area contributed by atoms with Crippen LogP contribution in [0.1, 0.15) is 32.8 Å². The van der Waals surface area contributed by atoms with Gasteiger partial charge >= 0.3 is 6.03 Å². The second-order valence-electron chi connectivity index (χ2n) is 7.88. The molecule has 0 aliphatic carbocycles. The summed E-state index contributed by atoms with van der Waals surface area (Å²) in [5, 5.41) is 3.50. The van der Waals surface area contributed by atoms with E-state index in [2.05, 4.69) is 24.6 Å². The van der Waals surface area contributed by atoms with Crippen LogP contribution in [0, 0.1) is 11.8 Å². The number of imide groups is 1. The number of quaternary nitrogens is 1. The van der Waals surface area contributed by atoms with Gasteiger partial charge in [0, 0.05) is 11.8 Å². The Morgan fingerprint density at radius 3 is 2.46 bits per heavy atom. The van der Waals surface area contributed by atoms with E-state index in [1.165, 1.54) is 11.3 Å². The Hall–Kier alpha value is -2.41. The first-order valence-corrected chi connectivity index (χ1v) is 9.15. The maximum atomic E-state index is 12.8. The van der Waals surface area contributed by atoms with Crippen LogP contribution in [0.4, 0.5) is 4.79 Å². The SMILES string of the molecule is C[C@H]1C[C@H](C)C[NH+](CC(=O)NN2C(=O)N[C@](C)(c3ccccc3)C2=O)C1. The lowest BCUT2D eigenvalue weighted by Crippen LogP contribution is -3.15. The average Bonchev–Trinajstić information content (AvgIpc) is 2.79. The molecule has 3 rings (SSSR count). The number of piperidine rings is 1. The number of amides is 4. The number of rotatable bonds is 4. The molecule has 0 unspecified atom stereocenters. The predicted octanol–water partition coefficient (Wildman–Crippen LogP) is 0.0456. The molecule has 2 heterocycles. The van der Waals surface area contributed by atoms with Gasteiger partial charge in [0.1, 0.15) is 5.54 Å². The van der Waals surface area contributed by atoms with E-state index in [9.17, 15) is 14.4 Å². The first-order valence-electron chi connectivity index (χ1n) is 9.15. The highest BCUT2D eigenvalue weighted by Gasteiger charge is 2.50. The van der Waals surface area contributed by atoms with E-state index in [1.54, 1.807) is 19.1 Å². The van der Waals surface area contributed by atoms with Crippen molar-refractivity contribution in [3.8, 4) is 0 Å². The van der Waals surface area contributed by atoms with Crippen LogP contribution in [-0.2, 0) is 15.1 Å². The number of likely N-dealkylation sites (tertiary alicyclic amines) is 1. The van der Waals surface area contributed by atoms with Crippen LogP contribution in [0.25, 0.3) is 0 Å². The first kappa shape index (κ1) is 18.4. The molecule has 1 aromatic carbocycles. The van der Waals surface area contributed by atoms with Crippen LogP contribution in [-0.4, -0.2) is 42.5 Å². The number of hydrogen-bond acceptors (Lipinski definition) is 3. The molecule has 0 aromatic heterocycles. The minimum Gasteiger partial charge on any atom is -0.327 e. The molecule has 3 atom stereocenters. The van der Waals surface area contributed by atoms with Crippen molar-refractivity contribution in [2.24, 2.45) is 11.8 Å². The molecule has 2 saturated heterocycles. The Bertz CT molecular complexity index is 698. The number of urea groups is 1. The summed E-state index contributed by atoms with van der Waals surface area (Å²) in [6, 6.07) is 8.42. The molecular weight excluding hydrogens is 332 g/mol. The van der Waals surface area contributed by atoms with Crippen molar-refractivity contribution in [2.45, 2.75) is 32.7 Å². The van der Waals surface area contributed by atoms with Crippen molar-refractivity contribution in [1.29, 1.82) is 0 Å². The monoisotopic (exact) mass is 359 g/mol. The zero-order valence-corrected chi connectivity index (χ0v) is 15.5. The van der Waals surface area contributed by atoms with Gasteiger partial charge in [0.25, 0.3) is 11.8 Å². The van der Waals surface area contributed by atoms with Gasteiger partial charge in [0.2, 0.25) is 0 Å². The Balaban J connectivity index is 1.65. The third kappa shape index (κ3) is 3.58. The summed E-state index contributed by atoms with van der Waals surface area (Å²) in [7, 11) is 0. The molecule has 2 fully saturated rings. The van der Waals surface area contributed by atoms with E-state index >= 15 is 0 Å². The number of benzene rings is 1. The third-order valence-corrected chi connectivity index (χ3v) is 5.27. The van der Waals surface area contributed by atoms with Crippen LogP contribution >= 0.6 is 0 Å². The fraction of sp³-hybridized carbons (Fsp3) is 0.526. The molecule has 3 N–H and O–H groups in total. The van der Waals surface area contributed by atoms with Gasteiger partial charge in [-0.25, -0.2) is 4.79 Å². The maximum absolute atomic E-state index is 12.8. The van der Waals surface area contributed by atoms with Crippen molar-refractivity contribution < 1.29 is 19.3 Å². The van der Waals surface area contributed by atoms with Gasteiger partial charge in [-0.05, 0) is 18.9 Å². The molecule has 0 saturated carbocycles. The Morgan fingerprint density at radius 1 is 1.23 bits per heavy atom. The van der Waals surface area contributed by atoms with E-state index in [0.717, 1.165) is 18.1 Å². The molecule has 140 valence electrons. The van der Waals surface area contributed by atoms with Gasteiger partial charge in [-0.3, -0.25) is 15.0 Å². The molecule has 2 aliphatic heterocycles. The zero-order chi connectivity index (χ0) is 18.9. The first-order chi connectivity index (χ1) is 12.3. The number of nitrogens with zero attached hydrogens (tertiary/aromatic N) is 1. The highest BCUT2D eigenvalue weighted by Crippen LogP contribution is 2.27. The maximum Gasteiger partial charge on any atom is 0.344 e. The number of nitrogens with one attached hydrogen (secondary N) is 3. The van der Waals surface area contributed by atoms with Crippen molar-refractivity contribution in [2.75, 3.05) is 19.6 Å². The second-order valence-corrected chi connectivity index (χ2v) is 7.88. The van der Waals surface area contributed by atoms with Crippen LogP contribution in [0.2, 0.25) is 0 Å². The van der Waals surface area contributed by atoms with Crippen LogP contribution in [0.15, 0.2) is 30.3 Å². The molecular formula is C19H27N4O3+. The zero-order valence-electron chi connectivity index (χ0n) is 15.5. The number of hydrogen-bond donors (Lipinski definition) is 3. The van der Waals surface area contributed by atoms with Gasteiger partial charge in [0.15, 0.2) is 6.54 Å². The van der Waals surface area contributed by atoms with Gasteiger partial charge in [-0.15, -0.1) is 0 Å². The molecule has 26 heavy (non-hydrogen) atoms. The summed E-state index contributed by atoms with van der Waals surface area (Å²) < 4.78 is 0. The highest BCUT2D eigenvalue weighted by molar-refractivity contribution is 6.08. The lowest BCUT2D eigenvalue weighted by molar-refractivity contribution is -0.904. The fourth-order valence-corrected chi connectivity index (χ4v) is 4.17. The summed E-state index contributed by atoms with van der Waals surface area (Å²) in [6.07, 6.45) is 1.17. The normalized spacial score (nSPS) is 31.7. The predicted molar refractivity (Wildman–Crippen MR) is 95.8 cm³/mol. The molecule has 7 nitrogen and oxygen atoms in total. The smallest absolute Gasteiger partial charge is 0.327 e. The molecule has 0 spiro atoms. The van der Waals surface area contributed by atoms with Crippen molar-refractivity contribution in [3.05, 3.63) is 35.9 Å². The molecule has 0 radical (unpaired) electrons. The summed E-state index contributed by atoms with van der Waals surface area (Å²) in [4.78, 5) is 38.7. The fourth-order valence-electron chi connectivity index (χ4n) is 4.17. The van der Waals surface area contributed by atoms with Crippen LogP contribution in [0.5, 0.6) is 0 Å². The molecule has 7 heteroatoms. The minimum atomic E-state index is -1.17. The number of carbonyl (C=O) groups is 3. The summed E-state index contributed by atoms with van der Waals surface area (Å²) in [5.41, 5.74) is 2.00. The van der Waals surface area contributed by atoms with E-state index in [0.29, 0.717) is 17.4 Å². The van der Waals surface area contributed by atoms with Crippen LogP contribution in [0.3, 0.4) is 0 Å². The Kier molecular flexibility index (Phi) is 5.00. The second kappa shape index (κ2) is 7.07. The topological polar surface area (TPSA) is 82.9 Å². The van der Waals surface area contributed by atoms with Crippen molar-refractivity contribution in [1.82, 2.24) is 15.8 Å². The van der Waals surface area contributed by atoms with Crippen molar-refractivity contribution in [3.63, 3.8) is 0 Å². The average molecular weight is 359 g/mol. The Morgan fingerprint density at radius 2 is 1.85 bits per heavy atom. The van der Waals surface area contributed by atoms with Gasteiger partial charge in [-0.1, -0.05) is 44.2 Å². The Labute approximate surface area is 153 Å². The van der Waals surface area contributed by atoms with E-state index in [-0.39, 0.29) is 12.5 Å². The van der Waals surface area contributed by atoms with Gasteiger partial charge in [0.05, 0.1) is 13.1 Å². The highest BCUT2D eigenvalue weighted by atomic mass is 16.2. The largest absolute Gasteiger partial charge is 0.344 e. The van der Waals surface area contributed by atoms with E-state index in [4.69, 9.17) is 0 Å². The van der Waals surface area contributed by atoms with E-state index in [1.807, 2.05) is 18.2 Å². The third-order valence-electron chi connectivity index (χ3n) is 5.27. The van der Waals surface area contributed by atoms with Crippen molar-refractivity contribution >= 4 is 17.8 Å². The lowest BCUT2D eigenvalue weighted by atomic mass is 9.92.